The molecule has 0 bridgehead atoms. The molecule has 0 saturated carbocycles. The van der Waals surface area contributed by atoms with Crippen molar-refractivity contribution in [3.05, 3.63) is 0 Å². The van der Waals surface area contributed by atoms with Gasteiger partial charge in [-0.2, -0.15) is 0 Å². The summed E-state index contributed by atoms with van der Waals surface area (Å²) in [5.41, 5.74) is 2.71. The lowest BCUT2D eigenvalue weighted by Gasteiger charge is -2.38. The van der Waals surface area contributed by atoms with Crippen LogP contribution in [0.3, 0.4) is 0 Å². The molecule has 0 aromatic rings. The zero-order valence-electron chi connectivity index (χ0n) is 10.7. The van der Waals surface area contributed by atoms with Crippen molar-refractivity contribution in [3.8, 4) is 0 Å². The predicted octanol–water partition coefficient (Wildman–Crippen LogP) is 0.242. The van der Waals surface area contributed by atoms with E-state index >= 15 is 0 Å². The van der Waals surface area contributed by atoms with E-state index in [2.05, 4.69) is 41.0 Å². The van der Waals surface area contributed by atoms with E-state index in [1.165, 1.54) is 0 Å². The van der Waals surface area contributed by atoms with Crippen LogP contribution < -0.4 is 11.3 Å². The summed E-state index contributed by atoms with van der Waals surface area (Å²) in [6.45, 7) is 11.6. The van der Waals surface area contributed by atoms with E-state index in [1.807, 2.05) is 0 Å². The number of aliphatic imine (C=N–C) groups is 1. The van der Waals surface area contributed by atoms with Gasteiger partial charge in [-0.15, -0.1) is 0 Å². The van der Waals surface area contributed by atoms with Gasteiger partial charge in [-0.05, 0) is 20.3 Å². The van der Waals surface area contributed by atoms with Crippen molar-refractivity contribution in [2.45, 2.75) is 33.2 Å². The monoisotopic (exact) mass is 227 g/mol. The molecule has 5 heteroatoms. The summed E-state index contributed by atoms with van der Waals surface area (Å²) in [5.74, 6) is 6.34. The maximum absolute atomic E-state index is 5.50. The molecule has 16 heavy (non-hydrogen) atoms. The summed E-state index contributed by atoms with van der Waals surface area (Å²) in [6.07, 6.45) is 1.05. The highest BCUT2D eigenvalue weighted by Crippen LogP contribution is 2.05. The normalized spacial score (nSPS) is 19.3. The molecule has 0 radical (unpaired) electrons. The predicted molar refractivity (Wildman–Crippen MR) is 68.2 cm³/mol. The summed E-state index contributed by atoms with van der Waals surface area (Å²) in [4.78, 5) is 9.15. The van der Waals surface area contributed by atoms with E-state index in [0.717, 1.165) is 45.1 Å². The van der Waals surface area contributed by atoms with Gasteiger partial charge in [0.1, 0.15) is 0 Å². The lowest BCUT2D eigenvalue weighted by Crippen LogP contribution is -2.55. The second kappa shape index (κ2) is 6.70. The second-order valence-corrected chi connectivity index (χ2v) is 4.47. The van der Waals surface area contributed by atoms with E-state index in [1.54, 1.807) is 0 Å². The number of nitrogens with two attached hydrogens (primary N) is 1. The molecule has 0 amide bonds. The van der Waals surface area contributed by atoms with Gasteiger partial charge in [-0.3, -0.25) is 15.3 Å². The highest BCUT2D eigenvalue weighted by molar-refractivity contribution is 5.79. The fraction of sp³-hybridized carbons (Fsp3) is 0.909. The molecule has 1 fully saturated rings. The molecule has 5 nitrogen and oxygen atoms in total. The van der Waals surface area contributed by atoms with Gasteiger partial charge in [0.25, 0.3) is 0 Å². The number of rotatable bonds is 3. The summed E-state index contributed by atoms with van der Waals surface area (Å²) >= 11 is 0. The third-order valence-corrected chi connectivity index (χ3v) is 2.96. The number of hydrazine groups is 1. The minimum absolute atomic E-state index is 0.629. The largest absolute Gasteiger partial charge is 0.339 e. The van der Waals surface area contributed by atoms with Gasteiger partial charge in [0.05, 0.1) is 0 Å². The van der Waals surface area contributed by atoms with E-state index < -0.39 is 0 Å². The number of nitrogens with one attached hydrogen (secondary N) is 1. The Labute approximate surface area is 98.7 Å². The lowest BCUT2D eigenvalue weighted by atomic mass is 10.2. The molecular formula is C11H25N5. The molecule has 1 rings (SSSR count). The van der Waals surface area contributed by atoms with Gasteiger partial charge >= 0.3 is 0 Å². The number of nitrogens with zero attached hydrogens (tertiary/aromatic N) is 3. The zero-order valence-corrected chi connectivity index (χ0v) is 10.7. The molecule has 1 aliphatic heterocycles. The molecule has 0 unspecified atom stereocenters. The first-order valence-corrected chi connectivity index (χ1v) is 6.19. The van der Waals surface area contributed by atoms with Crippen molar-refractivity contribution < 1.29 is 0 Å². The highest BCUT2D eigenvalue weighted by Gasteiger charge is 2.20. The van der Waals surface area contributed by atoms with Gasteiger partial charge in [0, 0.05) is 38.8 Å². The van der Waals surface area contributed by atoms with Gasteiger partial charge in [-0.1, -0.05) is 6.92 Å². The first-order valence-electron chi connectivity index (χ1n) is 6.19. The third kappa shape index (κ3) is 3.64. The van der Waals surface area contributed by atoms with Crippen LogP contribution in [0.5, 0.6) is 0 Å². The van der Waals surface area contributed by atoms with Gasteiger partial charge in [0.15, 0.2) is 0 Å². The van der Waals surface area contributed by atoms with Crippen molar-refractivity contribution >= 4 is 5.96 Å². The van der Waals surface area contributed by atoms with Crippen LogP contribution in [0, 0.1) is 0 Å². The van der Waals surface area contributed by atoms with Crippen molar-refractivity contribution in [1.29, 1.82) is 0 Å². The summed E-state index contributed by atoms with van der Waals surface area (Å²) in [6, 6.07) is 0.629. The van der Waals surface area contributed by atoms with Crippen LogP contribution in [0.4, 0.5) is 0 Å². The number of piperazine rings is 1. The van der Waals surface area contributed by atoms with Crippen LogP contribution in [0.15, 0.2) is 4.99 Å². The topological polar surface area (TPSA) is 56.9 Å². The SMILES string of the molecule is CCCN=C(NN)N1CCN(C(C)C)CC1. The Hall–Kier alpha value is -0.810. The van der Waals surface area contributed by atoms with Crippen LogP contribution in [0.2, 0.25) is 0 Å². The minimum atomic E-state index is 0.629. The Morgan fingerprint density at radius 1 is 1.31 bits per heavy atom. The smallest absolute Gasteiger partial charge is 0.208 e. The Morgan fingerprint density at radius 3 is 2.38 bits per heavy atom. The van der Waals surface area contributed by atoms with Crippen LogP contribution in [0.25, 0.3) is 0 Å². The van der Waals surface area contributed by atoms with Crippen molar-refractivity contribution in [3.63, 3.8) is 0 Å². The molecule has 0 aromatic carbocycles. The fourth-order valence-electron chi connectivity index (χ4n) is 1.90. The average Bonchev–Trinajstić information content (AvgIpc) is 2.30. The maximum atomic E-state index is 5.50. The Balaban J connectivity index is 2.45. The quantitative estimate of drug-likeness (QED) is 0.314. The molecule has 0 spiro atoms. The molecule has 94 valence electrons. The van der Waals surface area contributed by atoms with Crippen LogP contribution in [0.1, 0.15) is 27.2 Å². The average molecular weight is 227 g/mol. The van der Waals surface area contributed by atoms with E-state index in [-0.39, 0.29) is 0 Å². The van der Waals surface area contributed by atoms with Crippen molar-refractivity contribution in [2.75, 3.05) is 32.7 Å². The molecule has 0 aliphatic carbocycles. The fourth-order valence-corrected chi connectivity index (χ4v) is 1.90. The van der Waals surface area contributed by atoms with Gasteiger partial charge in [0.2, 0.25) is 5.96 Å². The summed E-state index contributed by atoms with van der Waals surface area (Å²) < 4.78 is 0. The van der Waals surface area contributed by atoms with Crippen LogP contribution in [-0.2, 0) is 0 Å². The lowest BCUT2D eigenvalue weighted by molar-refractivity contribution is 0.146. The van der Waals surface area contributed by atoms with E-state index in [4.69, 9.17) is 5.84 Å². The molecule has 1 saturated heterocycles. The highest BCUT2D eigenvalue weighted by atomic mass is 15.4. The van der Waals surface area contributed by atoms with E-state index in [0.29, 0.717) is 6.04 Å². The molecule has 3 N–H and O–H groups in total. The van der Waals surface area contributed by atoms with Gasteiger partial charge < -0.3 is 4.90 Å². The Bertz CT molecular complexity index is 218. The summed E-state index contributed by atoms with van der Waals surface area (Å²) in [5, 5.41) is 0. The van der Waals surface area contributed by atoms with Crippen molar-refractivity contribution in [2.24, 2.45) is 10.8 Å². The Morgan fingerprint density at radius 2 is 1.94 bits per heavy atom. The first kappa shape index (κ1) is 13.3. The van der Waals surface area contributed by atoms with Gasteiger partial charge in [-0.25, -0.2) is 5.84 Å². The molecule has 1 heterocycles. The molecular weight excluding hydrogens is 202 g/mol. The molecule has 1 aliphatic rings. The number of hydrogen-bond acceptors (Lipinski definition) is 3. The molecule has 0 atom stereocenters. The van der Waals surface area contributed by atoms with E-state index in [9.17, 15) is 0 Å². The third-order valence-electron chi connectivity index (χ3n) is 2.96. The first-order chi connectivity index (χ1) is 7.69. The number of hydrogen-bond donors (Lipinski definition) is 2. The number of guanidine groups is 1. The van der Waals surface area contributed by atoms with Crippen molar-refractivity contribution in [1.82, 2.24) is 15.2 Å². The Kier molecular flexibility index (Phi) is 5.55. The minimum Gasteiger partial charge on any atom is -0.339 e. The molecule has 0 aromatic heterocycles. The zero-order chi connectivity index (χ0) is 12.0. The van der Waals surface area contributed by atoms with Crippen LogP contribution in [-0.4, -0.2) is 54.5 Å². The summed E-state index contributed by atoms with van der Waals surface area (Å²) in [7, 11) is 0. The standard InChI is InChI=1S/C11H25N5/c1-4-5-13-11(14-12)16-8-6-15(7-9-16)10(2)3/h10H,4-9,12H2,1-3H3,(H,13,14). The maximum Gasteiger partial charge on any atom is 0.208 e. The van der Waals surface area contributed by atoms with Crippen LogP contribution >= 0.6 is 0 Å². The second-order valence-electron chi connectivity index (χ2n) is 4.47.